The Bertz CT molecular complexity index is 741. The van der Waals surface area contributed by atoms with Crippen LogP contribution in [0.5, 0.6) is 0 Å². The second kappa shape index (κ2) is 6.03. The lowest BCUT2D eigenvalue weighted by Gasteiger charge is -2.37. The zero-order chi connectivity index (χ0) is 16.6. The molecule has 1 amide bonds. The third kappa shape index (κ3) is 2.72. The van der Waals surface area contributed by atoms with Crippen LogP contribution in [0.1, 0.15) is 23.4 Å². The number of ether oxygens (including phenoxy) is 2. The van der Waals surface area contributed by atoms with Crippen molar-refractivity contribution in [3.8, 4) is 11.3 Å². The van der Waals surface area contributed by atoms with Gasteiger partial charge in [-0.15, -0.1) is 0 Å². The first-order valence-electron chi connectivity index (χ1n) is 8.09. The first-order valence-corrected chi connectivity index (χ1v) is 8.09. The number of halogens is 1. The van der Waals surface area contributed by atoms with Crippen molar-refractivity contribution in [2.45, 2.75) is 18.6 Å². The average molecular weight is 331 g/mol. The van der Waals surface area contributed by atoms with Gasteiger partial charge in [-0.05, 0) is 24.3 Å². The van der Waals surface area contributed by atoms with Gasteiger partial charge >= 0.3 is 0 Å². The topological polar surface area (TPSA) is 51.9 Å². The minimum absolute atomic E-state index is 0.189. The van der Waals surface area contributed by atoms with Gasteiger partial charge in [0.2, 0.25) is 0 Å². The molecule has 4 rings (SSSR count). The van der Waals surface area contributed by atoms with Crippen LogP contribution in [-0.4, -0.2) is 42.9 Å². The molecule has 2 aromatic rings. The van der Waals surface area contributed by atoms with Gasteiger partial charge in [0, 0.05) is 25.9 Å². The molecular weight excluding hydrogens is 313 g/mol. The molecule has 1 aromatic heterocycles. The van der Waals surface area contributed by atoms with Gasteiger partial charge in [0.05, 0.1) is 18.8 Å². The molecule has 6 heteroatoms. The van der Waals surface area contributed by atoms with Crippen LogP contribution >= 0.6 is 0 Å². The Morgan fingerprint density at radius 3 is 2.46 bits per heavy atom. The maximum Gasteiger partial charge on any atom is 0.289 e. The Labute approximate surface area is 139 Å². The molecule has 0 atom stereocenters. The Balaban J connectivity index is 1.47. The lowest BCUT2D eigenvalue weighted by atomic mass is 10.0. The summed E-state index contributed by atoms with van der Waals surface area (Å²) in [5.74, 6) is -0.505. The highest BCUT2D eigenvalue weighted by Gasteiger charge is 2.41. The lowest BCUT2D eigenvalue weighted by Crippen LogP contribution is -2.47. The van der Waals surface area contributed by atoms with Crippen molar-refractivity contribution >= 4 is 5.91 Å². The molecule has 2 aliphatic rings. The van der Waals surface area contributed by atoms with Crippen LogP contribution in [0.2, 0.25) is 0 Å². The van der Waals surface area contributed by atoms with Gasteiger partial charge in [0.1, 0.15) is 11.6 Å². The number of amides is 1. The molecule has 5 nitrogen and oxygen atoms in total. The molecule has 1 aromatic carbocycles. The summed E-state index contributed by atoms with van der Waals surface area (Å²) in [6.45, 7) is 2.32. The summed E-state index contributed by atoms with van der Waals surface area (Å²) in [5.41, 5.74) is 0.349. The minimum Gasteiger partial charge on any atom is -0.451 e. The molecule has 0 radical (unpaired) electrons. The number of carbonyl (C=O) groups is 1. The Kier molecular flexibility index (Phi) is 3.86. The van der Waals surface area contributed by atoms with Crippen LogP contribution in [0, 0.1) is 5.82 Å². The summed E-state index contributed by atoms with van der Waals surface area (Å²) in [6.07, 6.45) is 1.30. The lowest BCUT2D eigenvalue weighted by molar-refractivity contribution is -0.181. The quantitative estimate of drug-likeness (QED) is 0.849. The summed E-state index contributed by atoms with van der Waals surface area (Å²) < 4.78 is 30.7. The second-order valence-corrected chi connectivity index (χ2v) is 6.04. The average Bonchev–Trinajstić information content (AvgIpc) is 3.26. The van der Waals surface area contributed by atoms with Crippen LogP contribution in [0.3, 0.4) is 0 Å². The number of hydrogen-bond acceptors (Lipinski definition) is 4. The van der Waals surface area contributed by atoms with Gasteiger partial charge in [-0.25, -0.2) is 4.39 Å². The number of likely N-dealkylation sites (tertiary alicyclic amines) is 1. The maximum atomic E-state index is 13.8. The molecule has 0 aliphatic carbocycles. The molecule has 2 saturated heterocycles. The Morgan fingerprint density at radius 1 is 1.04 bits per heavy atom. The predicted molar refractivity (Wildman–Crippen MR) is 83.9 cm³/mol. The summed E-state index contributed by atoms with van der Waals surface area (Å²) in [6, 6.07) is 9.56. The van der Waals surface area contributed by atoms with Gasteiger partial charge in [-0.1, -0.05) is 12.1 Å². The SMILES string of the molecule is O=C(c1ccc(-c2ccccc2F)o1)N1CCC2(CC1)OCCO2. The largest absolute Gasteiger partial charge is 0.451 e. The first-order chi connectivity index (χ1) is 11.7. The number of furan rings is 1. The van der Waals surface area contributed by atoms with Gasteiger partial charge in [-0.3, -0.25) is 4.79 Å². The molecular formula is C18H18FNO4. The van der Waals surface area contributed by atoms with E-state index in [1.807, 2.05) is 0 Å². The van der Waals surface area contributed by atoms with E-state index in [1.54, 1.807) is 35.2 Å². The third-order valence-corrected chi connectivity index (χ3v) is 4.58. The number of rotatable bonds is 2. The van der Waals surface area contributed by atoms with Crippen molar-refractivity contribution < 1.29 is 23.1 Å². The Morgan fingerprint density at radius 2 is 1.75 bits per heavy atom. The van der Waals surface area contributed by atoms with E-state index in [-0.39, 0.29) is 17.5 Å². The minimum atomic E-state index is -0.516. The van der Waals surface area contributed by atoms with Gasteiger partial charge in [-0.2, -0.15) is 0 Å². The van der Waals surface area contributed by atoms with Crippen molar-refractivity contribution in [3.63, 3.8) is 0 Å². The van der Waals surface area contributed by atoms with E-state index in [1.165, 1.54) is 6.07 Å². The molecule has 0 unspecified atom stereocenters. The van der Waals surface area contributed by atoms with E-state index in [0.29, 0.717) is 50.5 Å². The highest BCUT2D eigenvalue weighted by atomic mass is 19.1. The van der Waals surface area contributed by atoms with Crippen molar-refractivity contribution in [2.24, 2.45) is 0 Å². The predicted octanol–water partition coefficient (Wildman–Crippen LogP) is 3.06. The standard InChI is InChI=1S/C18H18FNO4/c19-14-4-2-1-3-13(14)15-5-6-16(24-15)17(21)20-9-7-18(8-10-20)22-11-12-23-18/h1-6H,7-12H2. The van der Waals surface area contributed by atoms with Crippen molar-refractivity contribution in [2.75, 3.05) is 26.3 Å². The fourth-order valence-electron chi connectivity index (χ4n) is 3.25. The van der Waals surface area contributed by atoms with Crippen molar-refractivity contribution in [1.29, 1.82) is 0 Å². The summed E-state index contributed by atoms with van der Waals surface area (Å²) >= 11 is 0. The van der Waals surface area contributed by atoms with Gasteiger partial charge in [0.15, 0.2) is 11.5 Å². The summed E-state index contributed by atoms with van der Waals surface area (Å²) in [5, 5.41) is 0. The smallest absolute Gasteiger partial charge is 0.289 e. The summed E-state index contributed by atoms with van der Waals surface area (Å²) in [7, 11) is 0. The summed E-state index contributed by atoms with van der Waals surface area (Å²) in [4.78, 5) is 14.3. The number of benzene rings is 1. The monoisotopic (exact) mass is 331 g/mol. The zero-order valence-corrected chi connectivity index (χ0v) is 13.2. The second-order valence-electron chi connectivity index (χ2n) is 6.04. The van der Waals surface area contributed by atoms with E-state index >= 15 is 0 Å². The molecule has 0 saturated carbocycles. The van der Waals surface area contributed by atoms with E-state index in [2.05, 4.69) is 0 Å². The maximum absolute atomic E-state index is 13.8. The molecule has 0 bridgehead atoms. The van der Waals surface area contributed by atoms with E-state index in [4.69, 9.17) is 13.9 Å². The molecule has 1 spiro atoms. The van der Waals surface area contributed by atoms with Crippen LogP contribution in [-0.2, 0) is 9.47 Å². The van der Waals surface area contributed by atoms with E-state index in [9.17, 15) is 9.18 Å². The van der Waals surface area contributed by atoms with Crippen LogP contribution < -0.4 is 0 Å². The number of carbonyl (C=O) groups excluding carboxylic acids is 1. The zero-order valence-electron chi connectivity index (χ0n) is 13.2. The van der Waals surface area contributed by atoms with Crippen LogP contribution in [0.25, 0.3) is 11.3 Å². The van der Waals surface area contributed by atoms with Crippen molar-refractivity contribution in [1.82, 2.24) is 4.90 Å². The fourth-order valence-corrected chi connectivity index (χ4v) is 3.25. The molecule has 0 N–H and O–H groups in total. The van der Waals surface area contributed by atoms with E-state index in [0.717, 1.165) is 0 Å². The van der Waals surface area contributed by atoms with E-state index < -0.39 is 5.79 Å². The molecule has 3 heterocycles. The van der Waals surface area contributed by atoms with Crippen LogP contribution in [0.4, 0.5) is 4.39 Å². The van der Waals surface area contributed by atoms with Crippen LogP contribution in [0.15, 0.2) is 40.8 Å². The number of nitrogens with zero attached hydrogens (tertiary/aromatic N) is 1. The normalized spacial score (nSPS) is 19.8. The van der Waals surface area contributed by atoms with Gasteiger partial charge < -0.3 is 18.8 Å². The van der Waals surface area contributed by atoms with Crippen molar-refractivity contribution in [3.05, 3.63) is 48.0 Å². The third-order valence-electron chi connectivity index (χ3n) is 4.58. The molecule has 24 heavy (non-hydrogen) atoms. The fraction of sp³-hybridized carbons (Fsp3) is 0.389. The van der Waals surface area contributed by atoms with Gasteiger partial charge in [0.25, 0.3) is 5.91 Å². The highest BCUT2D eigenvalue weighted by molar-refractivity contribution is 5.92. The molecule has 126 valence electrons. The number of piperidine rings is 1. The first kappa shape index (κ1) is 15.4. The Hall–Kier alpha value is -2.18. The number of hydrogen-bond donors (Lipinski definition) is 0. The molecule has 2 aliphatic heterocycles. The molecule has 2 fully saturated rings. The highest BCUT2D eigenvalue weighted by Crippen LogP contribution is 2.32.